The summed E-state index contributed by atoms with van der Waals surface area (Å²) in [7, 11) is 0. The number of carbonyl (C=O) groups is 3. The molecule has 3 aliphatic rings. The molecule has 1 aliphatic carbocycles. The summed E-state index contributed by atoms with van der Waals surface area (Å²) >= 11 is 0. The fourth-order valence-corrected chi connectivity index (χ4v) is 6.32. The number of carbonyl (C=O) groups excluding carboxylic acids is 3. The van der Waals surface area contributed by atoms with E-state index in [2.05, 4.69) is 15.3 Å². The molecule has 258 valence electrons. The third-order valence-electron chi connectivity index (χ3n) is 8.86. The molecule has 2 fully saturated rings. The Hall–Kier alpha value is -4.34. The maximum atomic E-state index is 16.0. The minimum absolute atomic E-state index is 0.00780. The van der Waals surface area contributed by atoms with Crippen LogP contribution in [0.3, 0.4) is 0 Å². The third kappa shape index (κ3) is 7.53. The van der Waals surface area contributed by atoms with Gasteiger partial charge in [0, 0.05) is 5.92 Å². The number of allylic oxidation sites excluding steroid dienone is 2. The molecule has 11 nitrogen and oxygen atoms in total. The predicted octanol–water partition coefficient (Wildman–Crippen LogP) is 5.80. The van der Waals surface area contributed by atoms with Gasteiger partial charge in [0.25, 0.3) is 0 Å². The van der Waals surface area contributed by atoms with Crippen LogP contribution >= 0.6 is 0 Å². The first kappa shape index (κ1) is 35.0. The van der Waals surface area contributed by atoms with Gasteiger partial charge in [-0.2, -0.15) is 14.0 Å². The smallest absolute Gasteiger partial charge is 0.408 e. The number of alkyl halides is 2. The van der Waals surface area contributed by atoms with E-state index in [0.717, 1.165) is 6.08 Å². The number of esters is 1. The highest BCUT2D eigenvalue weighted by molar-refractivity contribution is 5.91. The molecule has 0 radical (unpaired) electrons. The van der Waals surface area contributed by atoms with Gasteiger partial charge in [-0.3, -0.25) is 4.79 Å². The molecule has 1 saturated carbocycles. The fraction of sp³-hybridized carbons (Fsp3) is 0.600. The lowest BCUT2D eigenvalue weighted by Crippen LogP contribution is -2.58. The Labute approximate surface area is 279 Å². The Morgan fingerprint density at radius 3 is 2.50 bits per heavy atom. The lowest BCUT2D eigenvalue weighted by molar-refractivity contribution is -0.165. The molecular weight excluding hydrogens is 624 g/mol. The fourth-order valence-electron chi connectivity index (χ4n) is 6.32. The van der Waals surface area contributed by atoms with Crippen molar-refractivity contribution in [2.24, 2.45) is 17.3 Å². The van der Waals surface area contributed by atoms with E-state index in [1.165, 1.54) is 29.2 Å². The monoisotopic (exact) mass is 667 g/mol. The van der Waals surface area contributed by atoms with E-state index in [4.69, 9.17) is 14.2 Å². The summed E-state index contributed by atoms with van der Waals surface area (Å²) in [5.74, 6) is -6.03. The second-order valence-corrected chi connectivity index (χ2v) is 14.9. The van der Waals surface area contributed by atoms with Gasteiger partial charge in [-0.15, -0.1) is 0 Å². The van der Waals surface area contributed by atoms with Crippen LogP contribution < -0.4 is 10.1 Å². The van der Waals surface area contributed by atoms with Gasteiger partial charge < -0.3 is 24.4 Å². The molecule has 2 amide bonds. The summed E-state index contributed by atoms with van der Waals surface area (Å²) in [6, 6.07) is 4.10. The van der Waals surface area contributed by atoms with Crippen molar-refractivity contribution in [1.29, 1.82) is 5.26 Å². The highest BCUT2D eigenvalue weighted by Gasteiger charge is 2.53. The molecule has 0 spiro atoms. The molecular formula is C35H43F2N5O6. The number of nitrogens with zero attached hydrogens (tertiary/aromatic N) is 4. The van der Waals surface area contributed by atoms with Crippen molar-refractivity contribution in [2.45, 2.75) is 110 Å². The highest BCUT2D eigenvalue weighted by atomic mass is 19.3. The van der Waals surface area contributed by atoms with E-state index in [0.29, 0.717) is 25.7 Å². The van der Waals surface area contributed by atoms with E-state index in [1.807, 2.05) is 6.07 Å². The number of ether oxygens (including phenoxy) is 3. The Balaban J connectivity index is 1.64. The quantitative estimate of drug-likeness (QED) is 0.311. The van der Waals surface area contributed by atoms with Crippen molar-refractivity contribution in [3.05, 3.63) is 41.6 Å². The van der Waals surface area contributed by atoms with Gasteiger partial charge >= 0.3 is 18.0 Å². The summed E-state index contributed by atoms with van der Waals surface area (Å²) in [6.45, 7) is 12.1. The zero-order valence-electron chi connectivity index (χ0n) is 28.4. The molecule has 1 aromatic carbocycles. The maximum absolute atomic E-state index is 16.0. The predicted molar refractivity (Wildman–Crippen MR) is 171 cm³/mol. The molecule has 6 atom stereocenters. The standard InChI is InChI=1S/C35H43F2N5O6/c1-8-21-25-18-42(26(21)31(44)48-34(5,6)7)30(43)28(33(2,3)4)41-32(45)47-24-16-20(24)11-9-10-14-35(36,37)27-29(46-25)40-23-15-19(17-38)12-13-22(23)39-27/h10,12-15,20-21,24-26,28H,8-9,11,16,18H2,1-7H3,(H,41,45)/b14-10+/t20-,21-,24-,25+,26+,28-/m1/s1. The number of rotatable bonds is 2. The Kier molecular flexibility index (Phi) is 9.43. The van der Waals surface area contributed by atoms with E-state index in [1.54, 1.807) is 48.5 Å². The number of fused-ring (bicyclic) bond motifs is 5. The number of halogens is 2. The van der Waals surface area contributed by atoms with Crippen LogP contribution in [0.4, 0.5) is 13.6 Å². The first-order valence-electron chi connectivity index (χ1n) is 16.4. The summed E-state index contributed by atoms with van der Waals surface area (Å²) in [5.41, 5.74) is -1.84. The molecule has 2 bridgehead atoms. The van der Waals surface area contributed by atoms with Gasteiger partial charge in [0.05, 0.1) is 29.2 Å². The topological polar surface area (TPSA) is 144 Å². The second-order valence-electron chi connectivity index (χ2n) is 14.9. The molecule has 48 heavy (non-hydrogen) atoms. The van der Waals surface area contributed by atoms with E-state index < -0.39 is 76.7 Å². The minimum Gasteiger partial charge on any atom is -0.471 e. The summed E-state index contributed by atoms with van der Waals surface area (Å²) in [5, 5.41) is 12.2. The normalized spacial score (nSPS) is 28.4. The summed E-state index contributed by atoms with van der Waals surface area (Å²) < 4.78 is 49.6. The molecule has 2 aromatic rings. The lowest BCUT2D eigenvalue weighted by Gasteiger charge is -2.36. The molecule has 13 heteroatoms. The number of alkyl carbamates (subject to hydrolysis) is 1. The first-order chi connectivity index (χ1) is 22.4. The van der Waals surface area contributed by atoms with Crippen molar-refractivity contribution in [3.63, 3.8) is 0 Å². The summed E-state index contributed by atoms with van der Waals surface area (Å²) in [6.07, 6.45) is 1.69. The van der Waals surface area contributed by atoms with Crippen LogP contribution in [0.25, 0.3) is 11.0 Å². The number of aromatic nitrogens is 2. The lowest BCUT2D eigenvalue weighted by atomic mass is 9.85. The number of benzene rings is 1. The minimum atomic E-state index is -3.60. The van der Waals surface area contributed by atoms with Crippen molar-refractivity contribution in [1.82, 2.24) is 20.2 Å². The van der Waals surface area contributed by atoms with Crippen molar-refractivity contribution < 1.29 is 37.4 Å². The summed E-state index contributed by atoms with van der Waals surface area (Å²) in [4.78, 5) is 51.3. The van der Waals surface area contributed by atoms with E-state index >= 15 is 8.78 Å². The largest absolute Gasteiger partial charge is 0.471 e. The van der Waals surface area contributed by atoms with Crippen molar-refractivity contribution in [2.75, 3.05) is 6.54 Å². The molecule has 2 aliphatic heterocycles. The number of amides is 2. The van der Waals surface area contributed by atoms with Crippen LogP contribution in [0.5, 0.6) is 5.88 Å². The van der Waals surface area contributed by atoms with Crippen LogP contribution in [0.2, 0.25) is 0 Å². The van der Waals surface area contributed by atoms with Crippen LogP contribution in [-0.4, -0.2) is 69.3 Å². The van der Waals surface area contributed by atoms with E-state index in [-0.39, 0.29) is 29.1 Å². The van der Waals surface area contributed by atoms with Gasteiger partial charge in [0.15, 0.2) is 5.69 Å². The van der Waals surface area contributed by atoms with E-state index in [9.17, 15) is 19.6 Å². The van der Waals surface area contributed by atoms with Crippen LogP contribution in [0, 0.1) is 28.6 Å². The number of hydrogen-bond acceptors (Lipinski definition) is 9. The molecule has 0 unspecified atom stereocenters. The molecule has 1 saturated heterocycles. The Morgan fingerprint density at radius 1 is 1.12 bits per heavy atom. The SMILES string of the molecule is CC[C@@H]1[C@@H]2CN(C(=O)[C@H](C(C)(C)C)NC(=O)O[C@@H]3C[C@H]3CC/C=C/C(F)(F)c3nc4ccc(C#N)cc4nc3O2)[C@@H]1C(=O)OC(C)(C)C. The molecule has 1 N–H and O–H groups in total. The molecule has 5 rings (SSSR count). The molecule has 3 heterocycles. The van der Waals surface area contributed by atoms with Gasteiger partial charge in [-0.05, 0) is 82.1 Å². The van der Waals surface area contributed by atoms with Gasteiger partial charge in [-0.1, -0.05) is 33.8 Å². The van der Waals surface area contributed by atoms with Crippen LogP contribution in [-0.2, 0) is 25.0 Å². The Morgan fingerprint density at radius 2 is 1.85 bits per heavy atom. The average molecular weight is 668 g/mol. The van der Waals surface area contributed by atoms with Gasteiger partial charge in [-0.25, -0.2) is 19.6 Å². The van der Waals surface area contributed by atoms with Gasteiger partial charge in [0.2, 0.25) is 11.8 Å². The number of nitrogens with one attached hydrogen (secondary N) is 1. The first-order valence-corrected chi connectivity index (χ1v) is 16.4. The van der Waals surface area contributed by atoms with Crippen molar-refractivity contribution in [3.8, 4) is 11.9 Å². The maximum Gasteiger partial charge on any atom is 0.408 e. The average Bonchev–Trinajstić information content (AvgIpc) is 3.61. The van der Waals surface area contributed by atoms with Crippen molar-refractivity contribution >= 4 is 29.0 Å². The number of nitriles is 1. The second kappa shape index (κ2) is 12.9. The zero-order chi connectivity index (χ0) is 35.2. The zero-order valence-corrected chi connectivity index (χ0v) is 28.4. The Bertz CT molecular complexity index is 1660. The highest BCUT2D eigenvalue weighted by Crippen LogP contribution is 2.41. The van der Waals surface area contributed by atoms with Crippen LogP contribution in [0.15, 0.2) is 30.4 Å². The third-order valence-corrected chi connectivity index (χ3v) is 8.86. The van der Waals surface area contributed by atoms with Crippen LogP contribution in [0.1, 0.15) is 85.4 Å². The number of hydrogen-bond donors (Lipinski definition) is 1. The van der Waals surface area contributed by atoms with Gasteiger partial charge in [0.1, 0.15) is 29.9 Å². The molecule has 1 aromatic heterocycles.